The molecule has 0 aliphatic rings. The summed E-state index contributed by atoms with van der Waals surface area (Å²) in [6, 6.07) is 10.3. The predicted octanol–water partition coefficient (Wildman–Crippen LogP) is 2.82. The number of nitrogens with one attached hydrogen (secondary N) is 1. The second-order valence-corrected chi connectivity index (χ2v) is 2.72. The third kappa shape index (κ3) is 2.79. The Morgan fingerprint density at radius 1 is 1.23 bits per heavy atom. The lowest BCUT2D eigenvalue weighted by molar-refractivity contribution is 1.13. The molecule has 0 heterocycles. The van der Waals surface area contributed by atoms with Crippen LogP contribution in [0.2, 0.25) is 0 Å². The van der Waals surface area contributed by atoms with Gasteiger partial charge in [0.25, 0.3) is 0 Å². The molecule has 0 saturated heterocycles. The van der Waals surface area contributed by atoms with E-state index in [0.717, 1.165) is 5.70 Å². The quantitative estimate of drug-likeness (QED) is 0.693. The smallest absolute Gasteiger partial charge is 0.0411 e. The Morgan fingerprint density at radius 2 is 1.92 bits per heavy atom. The SMILES string of the molecule is C/C=C\C=C(/NC)c1ccccc1. The summed E-state index contributed by atoms with van der Waals surface area (Å²) >= 11 is 0. The highest BCUT2D eigenvalue weighted by Gasteiger charge is 1.94. The Bertz CT molecular complexity index is 296. The molecule has 0 unspecified atom stereocenters. The lowest BCUT2D eigenvalue weighted by Crippen LogP contribution is -2.03. The largest absolute Gasteiger partial charge is 0.388 e. The lowest BCUT2D eigenvalue weighted by Gasteiger charge is -2.04. The van der Waals surface area contributed by atoms with Crippen LogP contribution in [0.3, 0.4) is 0 Å². The van der Waals surface area contributed by atoms with Gasteiger partial charge in [-0.05, 0) is 18.6 Å². The predicted molar refractivity (Wildman–Crippen MR) is 58.3 cm³/mol. The molecule has 0 saturated carbocycles. The minimum atomic E-state index is 1.14. The molecule has 0 bridgehead atoms. The first kappa shape index (κ1) is 9.59. The van der Waals surface area contributed by atoms with Crippen molar-refractivity contribution >= 4 is 5.70 Å². The van der Waals surface area contributed by atoms with Gasteiger partial charge in [-0.15, -0.1) is 0 Å². The molecule has 1 heteroatoms. The fourth-order valence-electron chi connectivity index (χ4n) is 1.13. The van der Waals surface area contributed by atoms with Crippen LogP contribution in [0.5, 0.6) is 0 Å². The molecule has 1 aromatic carbocycles. The zero-order valence-corrected chi connectivity index (χ0v) is 8.12. The van der Waals surface area contributed by atoms with Crippen LogP contribution >= 0.6 is 0 Å². The molecule has 1 nitrogen and oxygen atoms in total. The fraction of sp³-hybridized carbons (Fsp3) is 0.167. The van der Waals surface area contributed by atoms with Crippen molar-refractivity contribution in [3.63, 3.8) is 0 Å². The number of allylic oxidation sites excluding steroid dienone is 3. The summed E-state index contributed by atoms with van der Waals surface area (Å²) in [6.45, 7) is 2.01. The zero-order valence-electron chi connectivity index (χ0n) is 8.12. The second-order valence-electron chi connectivity index (χ2n) is 2.72. The molecule has 1 aromatic rings. The van der Waals surface area contributed by atoms with Crippen molar-refractivity contribution in [2.45, 2.75) is 6.92 Å². The van der Waals surface area contributed by atoms with Gasteiger partial charge in [-0.25, -0.2) is 0 Å². The van der Waals surface area contributed by atoms with Gasteiger partial charge in [0.15, 0.2) is 0 Å². The van der Waals surface area contributed by atoms with E-state index in [1.165, 1.54) is 5.56 Å². The van der Waals surface area contributed by atoms with E-state index < -0.39 is 0 Å². The zero-order chi connectivity index (χ0) is 9.52. The molecule has 0 aromatic heterocycles. The molecule has 0 atom stereocenters. The van der Waals surface area contributed by atoms with E-state index in [0.29, 0.717) is 0 Å². The maximum Gasteiger partial charge on any atom is 0.0411 e. The van der Waals surface area contributed by atoms with Crippen LogP contribution in [0.25, 0.3) is 5.70 Å². The summed E-state index contributed by atoms with van der Waals surface area (Å²) in [5.41, 5.74) is 2.35. The molecule has 1 rings (SSSR count). The van der Waals surface area contributed by atoms with Crippen molar-refractivity contribution in [2.24, 2.45) is 0 Å². The molecule has 0 fully saturated rings. The van der Waals surface area contributed by atoms with Crippen molar-refractivity contribution in [2.75, 3.05) is 7.05 Å². The first-order chi connectivity index (χ1) is 6.38. The monoisotopic (exact) mass is 173 g/mol. The summed E-state index contributed by atoms with van der Waals surface area (Å²) in [5.74, 6) is 0. The van der Waals surface area contributed by atoms with Crippen LogP contribution < -0.4 is 5.32 Å². The summed E-state index contributed by atoms with van der Waals surface area (Å²) in [5, 5.41) is 3.16. The molecule has 0 radical (unpaired) electrons. The van der Waals surface area contributed by atoms with E-state index in [4.69, 9.17) is 0 Å². The summed E-state index contributed by atoms with van der Waals surface area (Å²) in [6.07, 6.45) is 6.11. The summed E-state index contributed by atoms with van der Waals surface area (Å²) in [7, 11) is 1.93. The number of hydrogen-bond donors (Lipinski definition) is 1. The van der Waals surface area contributed by atoms with Crippen molar-refractivity contribution < 1.29 is 0 Å². The minimum Gasteiger partial charge on any atom is -0.388 e. The van der Waals surface area contributed by atoms with Crippen LogP contribution in [0.4, 0.5) is 0 Å². The van der Waals surface area contributed by atoms with Crippen molar-refractivity contribution in [1.29, 1.82) is 0 Å². The fourth-order valence-corrected chi connectivity index (χ4v) is 1.13. The van der Waals surface area contributed by atoms with E-state index in [1.54, 1.807) is 0 Å². The van der Waals surface area contributed by atoms with Gasteiger partial charge in [-0.3, -0.25) is 0 Å². The van der Waals surface area contributed by atoms with Crippen LogP contribution in [0, 0.1) is 0 Å². The Labute approximate surface area is 79.8 Å². The third-order valence-corrected chi connectivity index (χ3v) is 1.81. The van der Waals surface area contributed by atoms with Gasteiger partial charge in [-0.2, -0.15) is 0 Å². The topological polar surface area (TPSA) is 12.0 Å². The van der Waals surface area contributed by atoms with E-state index in [1.807, 2.05) is 44.3 Å². The summed E-state index contributed by atoms with van der Waals surface area (Å²) in [4.78, 5) is 0. The van der Waals surface area contributed by atoms with E-state index in [-0.39, 0.29) is 0 Å². The molecular weight excluding hydrogens is 158 g/mol. The number of rotatable bonds is 3. The van der Waals surface area contributed by atoms with Crippen molar-refractivity contribution in [3.05, 3.63) is 54.1 Å². The normalized spacial score (nSPS) is 12.0. The molecule has 13 heavy (non-hydrogen) atoms. The molecule has 0 amide bonds. The van der Waals surface area contributed by atoms with Crippen molar-refractivity contribution in [3.8, 4) is 0 Å². The Balaban J connectivity index is 2.91. The van der Waals surface area contributed by atoms with Gasteiger partial charge in [0, 0.05) is 12.7 Å². The number of benzene rings is 1. The van der Waals surface area contributed by atoms with Crippen LogP contribution in [0.15, 0.2) is 48.6 Å². The standard InChI is InChI=1S/C12H15N/c1-3-4-10-12(13-2)11-8-6-5-7-9-11/h3-10,13H,1-2H3/b4-3-,12-10-. The van der Waals surface area contributed by atoms with Gasteiger partial charge in [0.2, 0.25) is 0 Å². The molecular formula is C12H15N. The second kappa shape index (κ2) is 5.20. The highest BCUT2D eigenvalue weighted by molar-refractivity contribution is 5.64. The molecule has 0 aliphatic heterocycles. The summed E-state index contributed by atoms with van der Waals surface area (Å²) < 4.78 is 0. The minimum absolute atomic E-state index is 1.14. The highest BCUT2D eigenvalue weighted by atomic mass is 14.8. The first-order valence-corrected chi connectivity index (χ1v) is 4.44. The number of hydrogen-bond acceptors (Lipinski definition) is 1. The molecule has 68 valence electrons. The Kier molecular flexibility index (Phi) is 3.83. The van der Waals surface area contributed by atoms with E-state index in [2.05, 4.69) is 23.5 Å². The van der Waals surface area contributed by atoms with Crippen LogP contribution in [-0.4, -0.2) is 7.05 Å². The van der Waals surface area contributed by atoms with Gasteiger partial charge in [-0.1, -0.05) is 42.5 Å². The van der Waals surface area contributed by atoms with Crippen LogP contribution in [0.1, 0.15) is 12.5 Å². The molecule has 1 N–H and O–H groups in total. The average molecular weight is 173 g/mol. The van der Waals surface area contributed by atoms with Gasteiger partial charge >= 0.3 is 0 Å². The van der Waals surface area contributed by atoms with Gasteiger partial charge in [0.1, 0.15) is 0 Å². The van der Waals surface area contributed by atoms with Gasteiger partial charge in [0.05, 0.1) is 0 Å². The molecule has 0 aliphatic carbocycles. The first-order valence-electron chi connectivity index (χ1n) is 4.44. The Morgan fingerprint density at radius 3 is 2.46 bits per heavy atom. The maximum absolute atomic E-state index is 3.16. The van der Waals surface area contributed by atoms with E-state index in [9.17, 15) is 0 Å². The van der Waals surface area contributed by atoms with Crippen LogP contribution in [-0.2, 0) is 0 Å². The average Bonchev–Trinajstić information content (AvgIpc) is 2.21. The van der Waals surface area contributed by atoms with Gasteiger partial charge < -0.3 is 5.32 Å². The lowest BCUT2D eigenvalue weighted by atomic mass is 10.1. The van der Waals surface area contributed by atoms with Crippen molar-refractivity contribution in [1.82, 2.24) is 5.32 Å². The maximum atomic E-state index is 3.16. The highest BCUT2D eigenvalue weighted by Crippen LogP contribution is 2.09. The van der Waals surface area contributed by atoms with E-state index >= 15 is 0 Å². The Hall–Kier alpha value is -1.50. The molecule has 0 spiro atoms. The third-order valence-electron chi connectivity index (χ3n) is 1.81.